The van der Waals surface area contributed by atoms with E-state index in [-0.39, 0.29) is 12.1 Å². The van der Waals surface area contributed by atoms with Crippen LogP contribution >= 0.6 is 0 Å². The number of hydrogen-bond donors (Lipinski definition) is 1. The average molecular weight is 272 g/mol. The van der Waals surface area contributed by atoms with Gasteiger partial charge in [-0.15, -0.1) is 0 Å². The largest absolute Gasteiger partial charge is 0.480 e. The number of hydrogen-bond acceptors (Lipinski definition) is 3. The highest BCUT2D eigenvalue weighted by Crippen LogP contribution is 2.16. The van der Waals surface area contributed by atoms with Crippen molar-refractivity contribution in [2.45, 2.75) is 45.3 Å². The quantitative estimate of drug-likeness (QED) is 0.821. The zero-order valence-electron chi connectivity index (χ0n) is 12.0. The highest BCUT2D eigenvalue weighted by molar-refractivity contribution is 5.82. The van der Waals surface area contributed by atoms with Crippen LogP contribution in [-0.4, -0.2) is 65.8 Å². The first kappa shape index (κ1) is 15.8. The van der Waals surface area contributed by atoms with Crippen LogP contribution in [0.2, 0.25) is 0 Å². The minimum Gasteiger partial charge on any atom is -0.480 e. The fraction of sp³-hybridized carbons (Fsp3) is 0.846. The fourth-order valence-corrected chi connectivity index (χ4v) is 2.42. The van der Waals surface area contributed by atoms with E-state index >= 15 is 0 Å². The third-order valence-electron chi connectivity index (χ3n) is 3.56. The molecule has 1 unspecified atom stereocenters. The molecule has 0 bridgehead atoms. The van der Waals surface area contributed by atoms with Crippen molar-refractivity contribution in [2.75, 3.05) is 26.7 Å². The normalized spacial score (nSPS) is 18.2. The maximum Gasteiger partial charge on any atom is 0.326 e. The monoisotopic (exact) mass is 272 g/mol. The smallest absolute Gasteiger partial charge is 0.326 e. The van der Waals surface area contributed by atoms with Gasteiger partial charge in [0.2, 0.25) is 0 Å². The molecule has 0 spiro atoms. The number of ether oxygens (including phenoxy) is 1. The predicted molar refractivity (Wildman–Crippen MR) is 71.1 cm³/mol. The van der Waals surface area contributed by atoms with Crippen molar-refractivity contribution in [3.05, 3.63) is 0 Å². The summed E-state index contributed by atoms with van der Waals surface area (Å²) in [5.74, 6) is -0.956. The minimum absolute atomic E-state index is 0.204. The lowest BCUT2D eigenvalue weighted by atomic mass is 10.1. The number of likely N-dealkylation sites (tertiary alicyclic amines) is 1. The van der Waals surface area contributed by atoms with Gasteiger partial charge in [-0.3, -0.25) is 0 Å². The number of aliphatic carboxylic acids is 1. The standard InChI is InChI=1S/C13H24N2O4/c1-4-11(12(16)17)14(3)13(18)15-8-6-10(7-9-15)19-5-2/h10-11H,4-9H2,1-3H3,(H,16,17). The van der Waals surface area contributed by atoms with Crippen molar-refractivity contribution in [1.29, 1.82) is 0 Å². The highest BCUT2D eigenvalue weighted by Gasteiger charge is 2.30. The molecule has 0 aromatic carbocycles. The molecule has 6 heteroatoms. The van der Waals surface area contributed by atoms with Crippen LogP contribution in [0.5, 0.6) is 0 Å². The molecule has 1 rings (SSSR count). The summed E-state index contributed by atoms with van der Waals surface area (Å²) in [5.41, 5.74) is 0. The molecule has 0 saturated carbocycles. The van der Waals surface area contributed by atoms with Crippen LogP contribution in [0.15, 0.2) is 0 Å². The summed E-state index contributed by atoms with van der Waals surface area (Å²) in [6.45, 7) is 5.68. The van der Waals surface area contributed by atoms with Gasteiger partial charge in [-0.25, -0.2) is 9.59 Å². The van der Waals surface area contributed by atoms with E-state index < -0.39 is 12.0 Å². The molecule has 2 amide bonds. The third-order valence-corrected chi connectivity index (χ3v) is 3.56. The van der Waals surface area contributed by atoms with Crippen LogP contribution in [0.4, 0.5) is 4.79 Å². The predicted octanol–water partition coefficient (Wildman–Crippen LogP) is 1.40. The van der Waals surface area contributed by atoms with E-state index in [2.05, 4.69) is 0 Å². The first-order chi connectivity index (χ1) is 9.01. The number of carboxylic acids is 1. The summed E-state index contributed by atoms with van der Waals surface area (Å²) in [6.07, 6.45) is 2.27. The van der Waals surface area contributed by atoms with Crippen LogP contribution < -0.4 is 0 Å². The van der Waals surface area contributed by atoms with E-state index in [4.69, 9.17) is 9.84 Å². The molecule has 0 aromatic heterocycles. The zero-order chi connectivity index (χ0) is 14.4. The van der Waals surface area contributed by atoms with E-state index in [0.29, 0.717) is 26.1 Å². The molecule has 0 radical (unpaired) electrons. The Morgan fingerprint density at radius 1 is 1.37 bits per heavy atom. The molecule has 1 atom stereocenters. The molecular formula is C13H24N2O4. The van der Waals surface area contributed by atoms with Gasteiger partial charge in [-0.2, -0.15) is 0 Å². The van der Waals surface area contributed by atoms with Crippen molar-refractivity contribution in [1.82, 2.24) is 9.80 Å². The number of urea groups is 1. The van der Waals surface area contributed by atoms with Gasteiger partial charge >= 0.3 is 12.0 Å². The lowest BCUT2D eigenvalue weighted by molar-refractivity contribution is -0.142. The summed E-state index contributed by atoms with van der Waals surface area (Å²) in [7, 11) is 1.55. The van der Waals surface area contributed by atoms with E-state index in [1.165, 1.54) is 4.90 Å². The van der Waals surface area contributed by atoms with Crippen molar-refractivity contribution < 1.29 is 19.4 Å². The van der Waals surface area contributed by atoms with Crippen LogP contribution in [0, 0.1) is 0 Å². The van der Waals surface area contributed by atoms with E-state index in [9.17, 15) is 9.59 Å². The number of carboxylic acid groups (broad SMARTS) is 1. The van der Waals surface area contributed by atoms with Crippen LogP contribution in [0.1, 0.15) is 33.1 Å². The summed E-state index contributed by atoms with van der Waals surface area (Å²) in [4.78, 5) is 26.3. The Balaban J connectivity index is 2.52. The Labute approximate surface area is 114 Å². The Kier molecular flexibility index (Phi) is 6.08. The lowest BCUT2D eigenvalue weighted by Crippen LogP contribution is -2.51. The molecule has 1 aliphatic rings. The van der Waals surface area contributed by atoms with Gasteiger partial charge in [-0.05, 0) is 26.2 Å². The molecule has 6 nitrogen and oxygen atoms in total. The van der Waals surface area contributed by atoms with Crippen molar-refractivity contribution in [3.8, 4) is 0 Å². The SMILES string of the molecule is CCOC1CCN(C(=O)N(C)C(CC)C(=O)O)CC1. The Bertz CT molecular complexity index is 314. The van der Waals surface area contributed by atoms with Gasteiger partial charge in [0.25, 0.3) is 0 Å². The lowest BCUT2D eigenvalue weighted by Gasteiger charge is -2.35. The van der Waals surface area contributed by atoms with Crippen LogP contribution in [-0.2, 0) is 9.53 Å². The number of carbonyl (C=O) groups is 2. The molecule has 1 aliphatic heterocycles. The average Bonchev–Trinajstić information content (AvgIpc) is 2.39. The highest BCUT2D eigenvalue weighted by atomic mass is 16.5. The second-order valence-electron chi connectivity index (χ2n) is 4.80. The number of amides is 2. The van der Waals surface area contributed by atoms with Gasteiger partial charge in [0.05, 0.1) is 6.10 Å². The first-order valence-corrected chi connectivity index (χ1v) is 6.87. The number of nitrogens with zero attached hydrogens (tertiary/aromatic N) is 2. The minimum atomic E-state index is -0.956. The van der Waals surface area contributed by atoms with E-state index in [0.717, 1.165) is 12.8 Å². The summed E-state index contributed by atoms with van der Waals surface area (Å²) < 4.78 is 5.53. The molecular weight excluding hydrogens is 248 g/mol. The van der Waals surface area contributed by atoms with Crippen molar-refractivity contribution in [2.24, 2.45) is 0 Å². The summed E-state index contributed by atoms with van der Waals surface area (Å²) in [6, 6.07) is -0.957. The molecule has 1 fully saturated rings. The van der Waals surface area contributed by atoms with Gasteiger partial charge in [0.15, 0.2) is 0 Å². The van der Waals surface area contributed by atoms with Gasteiger partial charge < -0.3 is 19.6 Å². The fourth-order valence-electron chi connectivity index (χ4n) is 2.42. The second-order valence-corrected chi connectivity index (χ2v) is 4.80. The summed E-state index contributed by atoms with van der Waals surface area (Å²) >= 11 is 0. The van der Waals surface area contributed by atoms with Gasteiger partial charge in [0.1, 0.15) is 6.04 Å². The molecule has 110 valence electrons. The van der Waals surface area contributed by atoms with Crippen LogP contribution in [0.25, 0.3) is 0 Å². The van der Waals surface area contributed by atoms with Crippen molar-refractivity contribution >= 4 is 12.0 Å². The number of piperidine rings is 1. The van der Waals surface area contributed by atoms with Gasteiger partial charge in [-0.1, -0.05) is 6.92 Å². The second kappa shape index (κ2) is 7.33. The van der Waals surface area contributed by atoms with Crippen LogP contribution in [0.3, 0.4) is 0 Å². The molecule has 0 aromatic rings. The van der Waals surface area contributed by atoms with E-state index in [1.54, 1.807) is 18.9 Å². The topological polar surface area (TPSA) is 70.1 Å². The van der Waals surface area contributed by atoms with Gasteiger partial charge in [0, 0.05) is 26.7 Å². The number of rotatable bonds is 5. The molecule has 0 aliphatic carbocycles. The molecule has 1 saturated heterocycles. The molecule has 19 heavy (non-hydrogen) atoms. The van der Waals surface area contributed by atoms with E-state index in [1.807, 2.05) is 6.92 Å². The molecule has 1 heterocycles. The number of carbonyl (C=O) groups excluding carboxylic acids is 1. The Morgan fingerprint density at radius 2 is 1.95 bits per heavy atom. The molecule has 1 N–H and O–H groups in total. The Morgan fingerprint density at radius 3 is 2.37 bits per heavy atom. The maximum absolute atomic E-state index is 12.2. The summed E-state index contributed by atoms with van der Waals surface area (Å²) in [5, 5.41) is 9.07. The Hall–Kier alpha value is -1.30. The number of likely N-dealkylation sites (N-methyl/N-ethyl adjacent to an activating group) is 1. The maximum atomic E-state index is 12.2. The first-order valence-electron chi connectivity index (χ1n) is 6.87. The van der Waals surface area contributed by atoms with Crippen molar-refractivity contribution in [3.63, 3.8) is 0 Å². The zero-order valence-corrected chi connectivity index (χ0v) is 12.0. The third kappa shape index (κ3) is 4.09.